The van der Waals surface area contributed by atoms with Crippen LogP contribution in [0.2, 0.25) is 0 Å². The Hall–Kier alpha value is -1.87. The van der Waals surface area contributed by atoms with Crippen LogP contribution in [-0.4, -0.2) is 41.9 Å². The highest BCUT2D eigenvalue weighted by atomic mass is 16.2. The minimum atomic E-state index is -0.868. The van der Waals surface area contributed by atoms with Crippen molar-refractivity contribution >= 4 is 11.8 Å². The number of nitrogens with two attached hydrogens (primary N) is 1. The van der Waals surface area contributed by atoms with E-state index in [1.54, 1.807) is 0 Å². The van der Waals surface area contributed by atoms with Gasteiger partial charge in [-0.2, -0.15) is 5.26 Å². The molecule has 1 aliphatic rings. The fourth-order valence-corrected chi connectivity index (χ4v) is 1.23. The van der Waals surface area contributed by atoms with Crippen molar-refractivity contribution in [2.45, 2.75) is 18.5 Å². The van der Waals surface area contributed by atoms with Crippen LogP contribution in [0.4, 0.5) is 0 Å². The highest BCUT2D eigenvalue weighted by molar-refractivity contribution is 5.89. The molecule has 0 radical (unpaired) electrons. The minimum absolute atomic E-state index is 0.0683. The number of amides is 2. The molecule has 2 unspecified atom stereocenters. The van der Waals surface area contributed by atoms with Gasteiger partial charge in [0, 0.05) is 6.54 Å². The van der Waals surface area contributed by atoms with E-state index in [9.17, 15) is 9.59 Å². The lowest BCUT2D eigenvalue weighted by molar-refractivity contribution is -0.130. The number of nitrogens with zero attached hydrogens (tertiary/aromatic N) is 2. The van der Waals surface area contributed by atoms with Crippen LogP contribution in [0.5, 0.6) is 0 Å². The van der Waals surface area contributed by atoms with Crippen molar-refractivity contribution in [3.05, 3.63) is 12.7 Å². The summed E-state index contributed by atoms with van der Waals surface area (Å²) in [5, 5.41) is 11.0. The van der Waals surface area contributed by atoms with Crippen molar-refractivity contribution in [1.29, 1.82) is 5.26 Å². The molecule has 3 N–H and O–H groups in total. The van der Waals surface area contributed by atoms with Crippen LogP contribution >= 0.6 is 0 Å². The van der Waals surface area contributed by atoms with E-state index in [0.29, 0.717) is 13.1 Å². The Morgan fingerprint density at radius 1 is 1.75 bits per heavy atom. The first-order valence-corrected chi connectivity index (χ1v) is 4.93. The van der Waals surface area contributed by atoms with Crippen LogP contribution in [0, 0.1) is 11.3 Å². The molecule has 6 nitrogen and oxygen atoms in total. The van der Waals surface area contributed by atoms with Crippen molar-refractivity contribution in [1.82, 2.24) is 10.2 Å². The predicted octanol–water partition coefficient (Wildman–Crippen LogP) is -1.26. The highest BCUT2D eigenvalue weighted by Gasteiger charge is 2.39. The molecule has 0 spiro atoms. The van der Waals surface area contributed by atoms with E-state index in [2.05, 4.69) is 11.9 Å². The zero-order valence-corrected chi connectivity index (χ0v) is 8.85. The Balaban J connectivity index is 2.31. The van der Waals surface area contributed by atoms with Crippen LogP contribution in [0.15, 0.2) is 12.7 Å². The van der Waals surface area contributed by atoms with Crippen LogP contribution in [0.3, 0.4) is 0 Å². The van der Waals surface area contributed by atoms with Gasteiger partial charge in [0.1, 0.15) is 6.04 Å². The second-order valence-electron chi connectivity index (χ2n) is 3.54. The summed E-state index contributed by atoms with van der Waals surface area (Å²) in [7, 11) is 0. The maximum atomic E-state index is 11.5. The van der Waals surface area contributed by atoms with E-state index >= 15 is 0 Å². The van der Waals surface area contributed by atoms with Gasteiger partial charge in [-0.1, -0.05) is 6.08 Å². The summed E-state index contributed by atoms with van der Waals surface area (Å²) in [4.78, 5) is 24.2. The van der Waals surface area contributed by atoms with Crippen molar-refractivity contribution in [2.24, 2.45) is 5.73 Å². The van der Waals surface area contributed by atoms with E-state index in [1.807, 2.05) is 6.07 Å². The van der Waals surface area contributed by atoms with Gasteiger partial charge in [-0.05, 0) is 0 Å². The highest BCUT2D eigenvalue weighted by Crippen LogP contribution is 2.17. The Kier molecular flexibility index (Phi) is 4.03. The van der Waals surface area contributed by atoms with Gasteiger partial charge in [0.15, 0.2) is 0 Å². The molecule has 0 aromatic heterocycles. The SMILES string of the molecule is C=CCNC(=O)C(N)CC(=O)N1CC1C#N. The summed E-state index contributed by atoms with van der Waals surface area (Å²) >= 11 is 0. The monoisotopic (exact) mass is 222 g/mol. The summed E-state index contributed by atoms with van der Waals surface area (Å²) in [6.45, 7) is 4.21. The summed E-state index contributed by atoms with van der Waals surface area (Å²) in [6.07, 6.45) is 1.46. The molecule has 6 heteroatoms. The van der Waals surface area contributed by atoms with Gasteiger partial charge in [-0.25, -0.2) is 0 Å². The standard InChI is InChI=1S/C10H14N4O2/c1-2-3-13-10(16)8(12)4-9(15)14-6-7(14)5-11/h2,7-8H,1,3-4,6,12H2,(H,13,16). The van der Waals surface area contributed by atoms with Crippen molar-refractivity contribution in [3.63, 3.8) is 0 Å². The van der Waals surface area contributed by atoms with Crippen LogP contribution < -0.4 is 11.1 Å². The molecule has 0 bridgehead atoms. The molecule has 1 heterocycles. The quantitative estimate of drug-likeness (QED) is 0.448. The van der Waals surface area contributed by atoms with Gasteiger partial charge < -0.3 is 16.0 Å². The average Bonchev–Trinajstić information content (AvgIpc) is 3.04. The van der Waals surface area contributed by atoms with Crippen LogP contribution in [-0.2, 0) is 9.59 Å². The van der Waals surface area contributed by atoms with Crippen molar-refractivity contribution in [3.8, 4) is 6.07 Å². The Morgan fingerprint density at radius 3 is 2.94 bits per heavy atom. The first-order valence-electron chi connectivity index (χ1n) is 4.93. The Bertz CT molecular complexity index is 347. The third-order valence-corrected chi connectivity index (χ3v) is 2.23. The van der Waals surface area contributed by atoms with Gasteiger partial charge in [-0.3, -0.25) is 9.59 Å². The summed E-state index contributed by atoms with van der Waals surface area (Å²) in [6, 6.07) is 0.752. The van der Waals surface area contributed by atoms with Crippen molar-refractivity contribution < 1.29 is 9.59 Å². The van der Waals surface area contributed by atoms with E-state index in [0.717, 1.165) is 0 Å². The molecule has 0 aliphatic carbocycles. The molecular formula is C10H14N4O2. The van der Waals surface area contributed by atoms with E-state index in [1.165, 1.54) is 11.0 Å². The van der Waals surface area contributed by atoms with Gasteiger partial charge in [0.2, 0.25) is 11.8 Å². The van der Waals surface area contributed by atoms with E-state index < -0.39 is 6.04 Å². The largest absolute Gasteiger partial charge is 0.351 e. The number of hydrogen-bond donors (Lipinski definition) is 2. The number of nitriles is 1. The Labute approximate surface area is 93.7 Å². The summed E-state index contributed by atoms with van der Waals surface area (Å²) in [5.41, 5.74) is 5.53. The minimum Gasteiger partial charge on any atom is -0.351 e. The zero-order chi connectivity index (χ0) is 12.1. The average molecular weight is 222 g/mol. The molecule has 1 aliphatic heterocycles. The molecule has 0 saturated carbocycles. The number of nitrogens with one attached hydrogen (secondary N) is 1. The molecule has 1 fully saturated rings. The first kappa shape index (κ1) is 12.2. The first-order chi connectivity index (χ1) is 7.60. The molecule has 0 aromatic rings. The molecule has 2 amide bonds. The summed E-state index contributed by atoms with van der Waals surface area (Å²) in [5.74, 6) is -0.642. The normalized spacial score (nSPS) is 19.5. The fraction of sp³-hybridized carbons (Fsp3) is 0.500. The van der Waals surface area contributed by atoms with Gasteiger partial charge in [0.05, 0.1) is 25.1 Å². The number of hydrogen-bond acceptors (Lipinski definition) is 4. The lowest BCUT2D eigenvalue weighted by Gasteiger charge is -2.10. The van der Waals surface area contributed by atoms with E-state index in [-0.39, 0.29) is 24.3 Å². The topological polar surface area (TPSA) is 99.0 Å². The molecule has 16 heavy (non-hydrogen) atoms. The van der Waals surface area contributed by atoms with E-state index in [4.69, 9.17) is 11.0 Å². The van der Waals surface area contributed by atoms with Gasteiger partial charge >= 0.3 is 0 Å². The lowest BCUT2D eigenvalue weighted by atomic mass is 10.2. The molecule has 1 rings (SSSR count). The fourth-order valence-electron chi connectivity index (χ4n) is 1.23. The zero-order valence-electron chi connectivity index (χ0n) is 8.85. The second-order valence-corrected chi connectivity index (χ2v) is 3.54. The third-order valence-electron chi connectivity index (χ3n) is 2.23. The molecular weight excluding hydrogens is 208 g/mol. The van der Waals surface area contributed by atoms with Crippen LogP contribution in [0.1, 0.15) is 6.42 Å². The van der Waals surface area contributed by atoms with Crippen LogP contribution in [0.25, 0.3) is 0 Å². The Morgan fingerprint density at radius 2 is 2.44 bits per heavy atom. The number of rotatable bonds is 5. The number of carbonyl (C=O) groups is 2. The maximum absolute atomic E-state index is 11.5. The van der Waals surface area contributed by atoms with Crippen molar-refractivity contribution in [2.75, 3.05) is 13.1 Å². The van der Waals surface area contributed by atoms with Gasteiger partial charge in [0.25, 0.3) is 0 Å². The predicted molar refractivity (Wildman–Crippen MR) is 56.9 cm³/mol. The maximum Gasteiger partial charge on any atom is 0.237 e. The van der Waals surface area contributed by atoms with Gasteiger partial charge in [-0.15, -0.1) is 6.58 Å². The smallest absolute Gasteiger partial charge is 0.237 e. The summed E-state index contributed by atoms with van der Waals surface area (Å²) < 4.78 is 0. The third kappa shape index (κ3) is 3.07. The number of carbonyl (C=O) groups excluding carboxylic acids is 2. The molecule has 2 atom stereocenters. The molecule has 86 valence electrons. The molecule has 1 saturated heterocycles. The second kappa shape index (κ2) is 5.28. The molecule has 0 aromatic carbocycles. The lowest BCUT2D eigenvalue weighted by Crippen LogP contribution is -2.42.